The van der Waals surface area contributed by atoms with Crippen molar-refractivity contribution < 1.29 is 8.42 Å². The predicted molar refractivity (Wildman–Crippen MR) is 71.9 cm³/mol. The summed E-state index contributed by atoms with van der Waals surface area (Å²) in [5.41, 5.74) is 1.94. The molecule has 5 nitrogen and oxygen atoms in total. The molecule has 0 fully saturated rings. The second-order valence-corrected chi connectivity index (χ2v) is 6.86. The van der Waals surface area contributed by atoms with Gasteiger partial charge >= 0.3 is 0 Å². The molecule has 0 amide bonds. The van der Waals surface area contributed by atoms with Crippen molar-refractivity contribution >= 4 is 9.84 Å². The fourth-order valence-corrected chi connectivity index (χ4v) is 2.16. The minimum Gasteiger partial charge on any atom is -0.310 e. The number of hydrogen-bond donors (Lipinski definition) is 1. The number of aryl methyl sites for hydroxylation is 1. The molecule has 1 heterocycles. The first kappa shape index (κ1) is 15.0. The van der Waals surface area contributed by atoms with E-state index in [9.17, 15) is 8.42 Å². The normalized spacial score (nSPS) is 12.1. The zero-order valence-corrected chi connectivity index (χ0v) is 12.2. The van der Waals surface area contributed by atoms with Crippen LogP contribution in [0.3, 0.4) is 0 Å². The Morgan fingerprint density at radius 2 is 2.06 bits per heavy atom. The maximum atomic E-state index is 11.2. The molecule has 0 aliphatic rings. The predicted octanol–water partition coefficient (Wildman–Crippen LogP) is 1.08. The van der Waals surface area contributed by atoms with E-state index in [0.29, 0.717) is 18.4 Å². The van der Waals surface area contributed by atoms with Crippen molar-refractivity contribution in [2.75, 3.05) is 6.26 Å². The molecule has 0 unspecified atom stereocenters. The summed E-state index contributed by atoms with van der Waals surface area (Å²) in [6.45, 7) is 6.86. The molecule has 1 aromatic heterocycles. The van der Waals surface area contributed by atoms with Crippen LogP contribution in [0.15, 0.2) is 6.20 Å². The monoisotopic (exact) mass is 271 g/mol. The highest BCUT2D eigenvalue weighted by molar-refractivity contribution is 7.89. The smallest absolute Gasteiger partial charge is 0.154 e. The molecule has 0 aliphatic heterocycles. The van der Waals surface area contributed by atoms with Crippen molar-refractivity contribution in [1.29, 1.82) is 0 Å². The maximum Gasteiger partial charge on any atom is 0.154 e. The van der Waals surface area contributed by atoms with Gasteiger partial charge in [-0.1, -0.05) is 20.8 Å². The van der Waals surface area contributed by atoms with Gasteiger partial charge in [0.15, 0.2) is 9.84 Å². The van der Waals surface area contributed by atoms with Gasteiger partial charge < -0.3 is 5.32 Å². The minimum absolute atomic E-state index is 0.0993. The van der Waals surface area contributed by atoms with Gasteiger partial charge in [0.25, 0.3) is 0 Å². The SMILES string of the molecule is CCc1nc(CS(C)(=O)=O)ncc1CNC(C)C. The number of nitrogens with one attached hydrogen (secondary N) is 1. The summed E-state index contributed by atoms with van der Waals surface area (Å²) in [7, 11) is -3.08. The van der Waals surface area contributed by atoms with Crippen molar-refractivity contribution in [3.8, 4) is 0 Å². The highest BCUT2D eigenvalue weighted by Crippen LogP contribution is 2.08. The summed E-state index contributed by atoms with van der Waals surface area (Å²) in [6.07, 6.45) is 3.69. The lowest BCUT2D eigenvalue weighted by atomic mass is 10.2. The molecule has 1 N–H and O–H groups in total. The number of aromatic nitrogens is 2. The number of hydrogen-bond acceptors (Lipinski definition) is 5. The summed E-state index contributed by atoms with van der Waals surface area (Å²) in [4.78, 5) is 8.44. The molecule has 1 rings (SSSR count). The van der Waals surface area contributed by atoms with Crippen LogP contribution in [0, 0.1) is 0 Å². The van der Waals surface area contributed by atoms with Crippen LogP contribution in [0.2, 0.25) is 0 Å². The van der Waals surface area contributed by atoms with Crippen LogP contribution in [0.5, 0.6) is 0 Å². The fourth-order valence-electron chi connectivity index (χ4n) is 1.56. The molecule has 0 spiro atoms. The lowest BCUT2D eigenvalue weighted by molar-refractivity contribution is 0.582. The van der Waals surface area contributed by atoms with Gasteiger partial charge in [-0.05, 0) is 6.42 Å². The Kier molecular flexibility index (Phi) is 5.22. The standard InChI is InChI=1S/C12H21N3O2S/c1-5-11-10(6-13-9(2)3)7-14-12(15-11)8-18(4,16)17/h7,9,13H,5-6,8H2,1-4H3. The zero-order chi connectivity index (χ0) is 13.8. The average molecular weight is 271 g/mol. The van der Waals surface area contributed by atoms with Crippen LogP contribution in [0.25, 0.3) is 0 Å². The molecule has 6 heteroatoms. The first-order valence-corrected chi connectivity index (χ1v) is 8.12. The van der Waals surface area contributed by atoms with E-state index in [1.54, 1.807) is 6.20 Å². The lowest BCUT2D eigenvalue weighted by Crippen LogP contribution is -2.23. The second-order valence-electron chi connectivity index (χ2n) is 4.72. The Morgan fingerprint density at radius 1 is 1.39 bits per heavy atom. The third-order valence-electron chi connectivity index (χ3n) is 2.43. The fraction of sp³-hybridized carbons (Fsp3) is 0.667. The van der Waals surface area contributed by atoms with Gasteiger partial charge in [-0.2, -0.15) is 0 Å². The first-order chi connectivity index (χ1) is 8.31. The van der Waals surface area contributed by atoms with E-state index in [-0.39, 0.29) is 5.75 Å². The van der Waals surface area contributed by atoms with Gasteiger partial charge in [0, 0.05) is 36.3 Å². The summed E-state index contributed by atoms with van der Waals surface area (Å²) in [5.74, 6) is 0.278. The first-order valence-electron chi connectivity index (χ1n) is 6.06. The Balaban J connectivity index is 2.89. The molecule has 0 atom stereocenters. The number of rotatable bonds is 6. The van der Waals surface area contributed by atoms with E-state index in [2.05, 4.69) is 29.1 Å². The lowest BCUT2D eigenvalue weighted by Gasteiger charge is -2.11. The van der Waals surface area contributed by atoms with Crippen LogP contribution in [-0.2, 0) is 28.6 Å². The van der Waals surface area contributed by atoms with Gasteiger partial charge in [-0.15, -0.1) is 0 Å². The second kappa shape index (κ2) is 6.24. The molecule has 18 heavy (non-hydrogen) atoms. The van der Waals surface area contributed by atoms with Crippen LogP contribution in [0.1, 0.15) is 37.9 Å². The zero-order valence-electron chi connectivity index (χ0n) is 11.4. The number of sulfone groups is 1. The van der Waals surface area contributed by atoms with Crippen LogP contribution < -0.4 is 5.32 Å². The Labute approximate surface area is 109 Å². The molecule has 0 saturated heterocycles. The van der Waals surface area contributed by atoms with Crippen LogP contribution >= 0.6 is 0 Å². The number of nitrogens with zero attached hydrogens (tertiary/aromatic N) is 2. The average Bonchev–Trinajstić information content (AvgIpc) is 2.24. The van der Waals surface area contributed by atoms with E-state index < -0.39 is 9.84 Å². The van der Waals surface area contributed by atoms with Crippen molar-refractivity contribution in [2.45, 2.75) is 45.5 Å². The van der Waals surface area contributed by atoms with Crippen LogP contribution in [-0.4, -0.2) is 30.7 Å². The van der Waals surface area contributed by atoms with Gasteiger partial charge in [-0.3, -0.25) is 0 Å². The van der Waals surface area contributed by atoms with E-state index >= 15 is 0 Å². The van der Waals surface area contributed by atoms with Gasteiger partial charge in [-0.25, -0.2) is 18.4 Å². The van der Waals surface area contributed by atoms with Crippen LogP contribution in [0.4, 0.5) is 0 Å². The third kappa shape index (κ3) is 5.10. The van der Waals surface area contributed by atoms with E-state index in [1.807, 2.05) is 6.92 Å². The van der Waals surface area contributed by atoms with Crippen molar-refractivity contribution in [2.24, 2.45) is 0 Å². The molecule has 102 valence electrons. The molecule has 0 aromatic carbocycles. The van der Waals surface area contributed by atoms with E-state index in [4.69, 9.17) is 0 Å². The molecule has 1 aromatic rings. The Morgan fingerprint density at radius 3 is 2.56 bits per heavy atom. The van der Waals surface area contributed by atoms with Crippen molar-refractivity contribution in [1.82, 2.24) is 15.3 Å². The largest absolute Gasteiger partial charge is 0.310 e. The highest BCUT2D eigenvalue weighted by atomic mass is 32.2. The molecule has 0 aliphatic carbocycles. The topological polar surface area (TPSA) is 72.0 Å². The summed E-state index contributed by atoms with van der Waals surface area (Å²) in [5, 5.41) is 3.31. The Hall–Kier alpha value is -1.01. The molecular formula is C12H21N3O2S. The van der Waals surface area contributed by atoms with Gasteiger partial charge in [0.05, 0.1) is 0 Å². The van der Waals surface area contributed by atoms with E-state index in [0.717, 1.165) is 17.7 Å². The molecular weight excluding hydrogens is 250 g/mol. The van der Waals surface area contributed by atoms with Gasteiger partial charge in [0.2, 0.25) is 0 Å². The summed E-state index contributed by atoms with van der Waals surface area (Å²) in [6, 6.07) is 0.394. The molecule has 0 bridgehead atoms. The van der Waals surface area contributed by atoms with Gasteiger partial charge in [0.1, 0.15) is 11.6 Å². The van der Waals surface area contributed by atoms with Crippen molar-refractivity contribution in [3.05, 3.63) is 23.3 Å². The minimum atomic E-state index is -3.08. The molecule has 0 saturated carbocycles. The summed E-state index contributed by atoms with van der Waals surface area (Å²) >= 11 is 0. The van der Waals surface area contributed by atoms with Crippen molar-refractivity contribution in [3.63, 3.8) is 0 Å². The summed E-state index contributed by atoms with van der Waals surface area (Å²) < 4.78 is 22.4. The highest BCUT2D eigenvalue weighted by Gasteiger charge is 2.10. The quantitative estimate of drug-likeness (QED) is 0.838. The Bertz CT molecular complexity index is 498. The maximum absolute atomic E-state index is 11.2. The molecule has 0 radical (unpaired) electrons. The van der Waals surface area contributed by atoms with E-state index in [1.165, 1.54) is 6.26 Å². The third-order valence-corrected chi connectivity index (χ3v) is 3.21.